The van der Waals surface area contributed by atoms with Crippen molar-refractivity contribution in [3.63, 3.8) is 0 Å². The van der Waals surface area contributed by atoms with Crippen molar-refractivity contribution in [3.8, 4) is 0 Å². The Bertz CT molecular complexity index is 749. The maximum Gasteiger partial charge on any atom is 0.234 e. The molecule has 0 spiro atoms. The number of carbonyl (C=O) groups is 2. The molecule has 0 saturated carbocycles. The fourth-order valence-electron chi connectivity index (χ4n) is 3.35. The van der Waals surface area contributed by atoms with Crippen LogP contribution in [0.5, 0.6) is 0 Å². The third-order valence-corrected chi connectivity index (χ3v) is 4.77. The van der Waals surface area contributed by atoms with E-state index in [1.54, 1.807) is 0 Å². The van der Waals surface area contributed by atoms with Crippen molar-refractivity contribution in [2.24, 2.45) is 0 Å². The molecule has 7 heteroatoms. The summed E-state index contributed by atoms with van der Waals surface area (Å²) in [6.45, 7) is 4.88. The highest BCUT2D eigenvalue weighted by Crippen LogP contribution is 2.16. The van der Waals surface area contributed by atoms with Crippen LogP contribution in [0.4, 0.5) is 0 Å². The number of piperidine rings is 1. The Kier molecular flexibility index (Phi) is 6.22. The van der Waals surface area contributed by atoms with Crippen molar-refractivity contribution in [2.45, 2.75) is 38.6 Å². The number of aromatic nitrogens is 2. The first-order valence-electron chi connectivity index (χ1n) is 9.36. The lowest BCUT2D eigenvalue weighted by Gasteiger charge is -2.31. The highest BCUT2D eigenvalue weighted by molar-refractivity contribution is 5.87. The monoisotopic (exact) mass is 357 g/mol. The standard InChI is InChI=1S/C19H27N5O2/c1-2-9-20-19(26)13-24-10-7-14(8-11-24)21-18(25)12-17-15-5-3-4-6-16(15)22-23-17/h3-6,14H,2,7-13H2,1H3,(H,20,26)(H,21,25)(H,22,23). The Hall–Kier alpha value is -2.41. The highest BCUT2D eigenvalue weighted by Gasteiger charge is 2.22. The SMILES string of the molecule is CCCNC(=O)CN1CCC(NC(=O)Cc2[nH]nc3ccccc23)CC1. The van der Waals surface area contributed by atoms with Crippen molar-refractivity contribution in [3.05, 3.63) is 30.0 Å². The summed E-state index contributed by atoms with van der Waals surface area (Å²) in [6.07, 6.45) is 3.00. The number of para-hydroxylation sites is 1. The molecule has 0 bridgehead atoms. The number of likely N-dealkylation sites (tertiary alicyclic amines) is 1. The Labute approximate surface area is 153 Å². The van der Waals surface area contributed by atoms with E-state index in [2.05, 4.69) is 25.7 Å². The van der Waals surface area contributed by atoms with Gasteiger partial charge in [0.15, 0.2) is 0 Å². The summed E-state index contributed by atoms with van der Waals surface area (Å²) in [7, 11) is 0. The van der Waals surface area contributed by atoms with Crippen LogP contribution < -0.4 is 10.6 Å². The highest BCUT2D eigenvalue weighted by atomic mass is 16.2. The number of nitrogens with zero attached hydrogens (tertiary/aromatic N) is 2. The summed E-state index contributed by atoms with van der Waals surface area (Å²) in [5, 5.41) is 14.2. The minimum atomic E-state index is 0.0125. The van der Waals surface area contributed by atoms with Gasteiger partial charge in [0.2, 0.25) is 11.8 Å². The summed E-state index contributed by atoms with van der Waals surface area (Å²) in [6, 6.07) is 7.96. The summed E-state index contributed by atoms with van der Waals surface area (Å²) >= 11 is 0. The van der Waals surface area contributed by atoms with Gasteiger partial charge < -0.3 is 10.6 Å². The van der Waals surface area contributed by atoms with Crippen LogP contribution in [0.25, 0.3) is 10.9 Å². The average Bonchev–Trinajstić information content (AvgIpc) is 3.04. The molecule has 2 aromatic rings. The number of nitrogens with one attached hydrogen (secondary N) is 3. The molecule has 3 N–H and O–H groups in total. The summed E-state index contributed by atoms with van der Waals surface area (Å²) < 4.78 is 0. The van der Waals surface area contributed by atoms with Crippen LogP contribution in [0.2, 0.25) is 0 Å². The van der Waals surface area contributed by atoms with Gasteiger partial charge in [-0.2, -0.15) is 5.10 Å². The van der Waals surface area contributed by atoms with Crippen LogP contribution in [0.1, 0.15) is 31.9 Å². The first kappa shape index (κ1) is 18.4. The maximum atomic E-state index is 12.4. The molecule has 26 heavy (non-hydrogen) atoms. The second-order valence-corrected chi connectivity index (χ2v) is 6.86. The van der Waals surface area contributed by atoms with E-state index in [1.807, 2.05) is 31.2 Å². The molecule has 2 amide bonds. The topological polar surface area (TPSA) is 90.1 Å². The first-order chi connectivity index (χ1) is 12.7. The predicted molar refractivity (Wildman–Crippen MR) is 101 cm³/mol. The minimum Gasteiger partial charge on any atom is -0.355 e. The minimum absolute atomic E-state index is 0.0125. The van der Waals surface area contributed by atoms with E-state index in [4.69, 9.17) is 0 Å². The van der Waals surface area contributed by atoms with E-state index < -0.39 is 0 Å². The number of carbonyl (C=O) groups excluding carboxylic acids is 2. The van der Waals surface area contributed by atoms with Gasteiger partial charge in [0.1, 0.15) is 0 Å². The van der Waals surface area contributed by atoms with E-state index in [-0.39, 0.29) is 17.9 Å². The van der Waals surface area contributed by atoms with Crippen molar-refractivity contribution in [1.29, 1.82) is 0 Å². The van der Waals surface area contributed by atoms with Gasteiger partial charge in [0, 0.05) is 31.1 Å². The zero-order chi connectivity index (χ0) is 18.4. The lowest BCUT2D eigenvalue weighted by atomic mass is 10.0. The third-order valence-electron chi connectivity index (χ3n) is 4.77. The number of hydrogen-bond acceptors (Lipinski definition) is 4. The van der Waals surface area contributed by atoms with Crippen LogP contribution in [0.3, 0.4) is 0 Å². The fraction of sp³-hybridized carbons (Fsp3) is 0.526. The molecule has 1 fully saturated rings. The molecular weight excluding hydrogens is 330 g/mol. The number of fused-ring (bicyclic) bond motifs is 1. The molecule has 3 rings (SSSR count). The van der Waals surface area contributed by atoms with Gasteiger partial charge in [-0.15, -0.1) is 0 Å². The molecular formula is C19H27N5O2. The number of rotatable bonds is 7. The lowest BCUT2D eigenvalue weighted by Crippen LogP contribution is -2.47. The molecule has 7 nitrogen and oxygen atoms in total. The Morgan fingerprint density at radius 1 is 1.23 bits per heavy atom. The molecule has 1 aliphatic rings. The average molecular weight is 357 g/mol. The maximum absolute atomic E-state index is 12.4. The van der Waals surface area contributed by atoms with Crippen LogP contribution in [0, 0.1) is 0 Å². The van der Waals surface area contributed by atoms with Crippen LogP contribution in [-0.4, -0.2) is 59.1 Å². The molecule has 0 atom stereocenters. The Balaban J connectivity index is 1.43. The molecule has 0 radical (unpaired) electrons. The molecule has 140 valence electrons. The number of benzene rings is 1. The van der Waals surface area contributed by atoms with Gasteiger partial charge in [-0.25, -0.2) is 0 Å². The second-order valence-electron chi connectivity index (χ2n) is 6.86. The normalized spacial score (nSPS) is 15.9. The third kappa shape index (κ3) is 4.82. The van der Waals surface area contributed by atoms with Crippen molar-refractivity contribution < 1.29 is 9.59 Å². The molecule has 0 aliphatic carbocycles. The number of amides is 2. The number of aromatic amines is 1. The molecule has 1 aromatic carbocycles. The van der Waals surface area contributed by atoms with Crippen LogP contribution >= 0.6 is 0 Å². The smallest absolute Gasteiger partial charge is 0.234 e. The van der Waals surface area contributed by atoms with E-state index in [0.29, 0.717) is 13.0 Å². The fourth-order valence-corrected chi connectivity index (χ4v) is 3.35. The van der Waals surface area contributed by atoms with E-state index in [1.165, 1.54) is 0 Å². The Morgan fingerprint density at radius 2 is 2.00 bits per heavy atom. The van der Waals surface area contributed by atoms with Crippen molar-refractivity contribution >= 4 is 22.7 Å². The molecule has 1 aromatic heterocycles. The van der Waals surface area contributed by atoms with Crippen molar-refractivity contribution in [2.75, 3.05) is 26.2 Å². The molecule has 1 aliphatic heterocycles. The summed E-state index contributed by atoms with van der Waals surface area (Å²) in [4.78, 5) is 26.3. The predicted octanol–water partition coefficient (Wildman–Crippen LogP) is 1.21. The largest absolute Gasteiger partial charge is 0.355 e. The van der Waals surface area contributed by atoms with Crippen molar-refractivity contribution in [1.82, 2.24) is 25.7 Å². The molecule has 2 heterocycles. The van der Waals surface area contributed by atoms with Crippen LogP contribution in [0.15, 0.2) is 24.3 Å². The van der Waals surface area contributed by atoms with Gasteiger partial charge in [-0.3, -0.25) is 19.6 Å². The second kappa shape index (κ2) is 8.80. The van der Waals surface area contributed by atoms with Gasteiger partial charge in [0.25, 0.3) is 0 Å². The zero-order valence-corrected chi connectivity index (χ0v) is 15.3. The van der Waals surface area contributed by atoms with Crippen LogP contribution in [-0.2, 0) is 16.0 Å². The summed E-state index contributed by atoms with van der Waals surface area (Å²) in [5.74, 6) is 0.0963. The van der Waals surface area contributed by atoms with Gasteiger partial charge in [0.05, 0.1) is 24.2 Å². The van der Waals surface area contributed by atoms with E-state index in [9.17, 15) is 9.59 Å². The van der Waals surface area contributed by atoms with Gasteiger partial charge in [-0.1, -0.05) is 25.1 Å². The number of H-pyrrole nitrogens is 1. The Morgan fingerprint density at radius 3 is 2.77 bits per heavy atom. The number of hydrogen-bond donors (Lipinski definition) is 3. The van der Waals surface area contributed by atoms with Gasteiger partial charge >= 0.3 is 0 Å². The zero-order valence-electron chi connectivity index (χ0n) is 15.3. The van der Waals surface area contributed by atoms with Gasteiger partial charge in [-0.05, 0) is 25.3 Å². The molecule has 1 saturated heterocycles. The first-order valence-corrected chi connectivity index (χ1v) is 9.36. The quantitative estimate of drug-likeness (QED) is 0.695. The van der Waals surface area contributed by atoms with E-state index in [0.717, 1.165) is 55.5 Å². The molecule has 0 unspecified atom stereocenters. The lowest BCUT2D eigenvalue weighted by molar-refractivity contribution is -0.124. The van der Waals surface area contributed by atoms with E-state index >= 15 is 0 Å². The summed E-state index contributed by atoms with van der Waals surface area (Å²) in [5.41, 5.74) is 1.73.